The Morgan fingerprint density at radius 3 is 2.67 bits per heavy atom. The van der Waals surface area contributed by atoms with Crippen LogP contribution in [-0.4, -0.2) is 62.0 Å². The van der Waals surface area contributed by atoms with E-state index in [0.717, 1.165) is 26.1 Å². The van der Waals surface area contributed by atoms with Crippen LogP contribution < -0.4 is 10.4 Å². The summed E-state index contributed by atoms with van der Waals surface area (Å²) in [5.41, 5.74) is 0.289. The Labute approximate surface area is 193 Å². The lowest BCUT2D eigenvalue weighted by atomic mass is 9.98. The lowest BCUT2D eigenvalue weighted by Gasteiger charge is -2.26. The lowest BCUT2D eigenvalue weighted by Crippen LogP contribution is -2.30. The second-order valence-corrected chi connectivity index (χ2v) is 8.51. The molecule has 1 aromatic carbocycles. The Balaban J connectivity index is 1.73. The maximum absolute atomic E-state index is 12.6. The molecule has 1 aromatic heterocycles. The van der Waals surface area contributed by atoms with Gasteiger partial charge in [-0.25, -0.2) is 4.79 Å². The molecule has 1 aliphatic heterocycles. The van der Waals surface area contributed by atoms with Gasteiger partial charge in [-0.2, -0.15) is 0 Å². The molecule has 2 aromatic rings. The Kier molecular flexibility index (Phi) is 9.03. The molecule has 0 unspecified atom stereocenters. The van der Waals surface area contributed by atoms with E-state index < -0.39 is 5.63 Å². The number of aryl methyl sites for hydroxylation is 1. The Morgan fingerprint density at radius 2 is 1.97 bits per heavy atom. The molecule has 8 nitrogen and oxygen atoms in total. The van der Waals surface area contributed by atoms with Crippen molar-refractivity contribution in [1.82, 2.24) is 4.90 Å². The number of phenolic OH excluding ortho intramolecular Hbond substituents is 1. The van der Waals surface area contributed by atoms with Crippen LogP contribution in [0.5, 0.6) is 11.5 Å². The summed E-state index contributed by atoms with van der Waals surface area (Å²) in [7, 11) is 1.53. The quantitative estimate of drug-likeness (QED) is 0.292. The van der Waals surface area contributed by atoms with E-state index in [9.17, 15) is 19.5 Å². The van der Waals surface area contributed by atoms with E-state index in [4.69, 9.17) is 13.9 Å². The fourth-order valence-corrected chi connectivity index (χ4v) is 4.32. The molecule has 0 bridgehead atoms. The Bertz CT molecular complexity index is 1040. The molecule has 1 N–H and O–H groups in total. The molecule has 0 atom stereocenters. The van der Waals surface area contributed by atoms with Crippen LogP contribution in [0.3, 0.4) is 0 Å². The summed E-state index contributed by atoms with van der Waals surface area (Å²) in [5.74, 6) is -0.153. The second kappa shape index (κ2) is 12.0. The molecular formula is C25H33NO7. The van der Waals surface area contributed by atoms with Crippen molar-refractivity contribution in [3.05, 3.63) is 33.2 Å². The summed E-state index contributed by atoms with van der Waals surface area (Å²) < 4.78 is 15.9. The van der Waals surface area contributed by atoms with Gasteiger partial charge in [0.1, 0.15) is 18.0 Å². The molecule has 0 radical (unpaired) electrons. The molecule has 0 aliphatic carbocycles. The summed E-state index contributed by atoms with van der Waals surface area (Å²) in [4.78, 5) is 39.1. The van der Waals surface area contributed by atoms with E-state index in [1.807, 2.05) is 0 Å². The monoisotopic (exact) mass is 459 g/mol. The highest BCUT2D eigenvalue weighted by Crippen LogP contribution is 2.37. The van der Waals surface area contributed by atoms with E-state index in [2.05, 4.69) is 4.90 Å². The van der Waals surface area contributed by atoms with Gasteiger partial charge in [-0.15, -0.1) is 0 Å². The van der Waals surface area contributed by atoms with Gasteiger partial charge in [-0.1, -0.05) is 6.42 Å². The van der Waals surface area contributed by atoms with Gasteiger partial charge in [-0.3, -0.25) is 9.59 Å². The standard InChI is InChI=1S/C25H33NO7/c1-17-19(9-8-18(28)7-6-12-26-10-4-3-5-11-26)25(30)33-24-20(17)15-22(32-14-13-31-2)23(29)21(24)16-27/h15-16,29H,3-14H2,1-2H3. The zero-order chi connectivity index (χ0) is 23.8. The van der Waals surface area contributed by atoms with Crippen LogP contribution in [0.4, 0.5) is 0 Å². The average molecular weight is 460 g/mol. The Hall–Kier alpha value is -2.71. The summed E-state index contributed by atoms with van der Waals surface area (Å²) in [6.45, 7) is 5.40. The first kappa shape index (κ1) is 24.9. The zero-order valence-corrected chi connectivity index (χ0v) is 19.5. The van der Waals surface area contributed by atoms with E-state index >= 15 is 0 Å². The molecule has 0 spiro atoms. The maximum Gasteiger partial charge on any atom is 0.339 e. The molecule has 1 fully saturated rings. The molecule has 33 heavy (non-hydrogen) atoms. The van der Waals surface area contributed by atoms with Gasteiger partial charge in [-0.05, 0) is 63.9 Å². The number of piperidine rings is 1. The topological polar surface area (TPSA) is 106 Å². The van der Waals surface area contributed by atoms with Crippen molar-refractivity contribution in [2.75, 3.05) is 40.0 Å². The van der Waals surface area contributed by atoms with Crippen LogP contribution in [0.25, 0.3) is 11.0 Å². The third-order valence-corrected chi connectivity index (χ3v) is 6.25. The summed E-state index contributed by atoms with van der Waals surface area (Å²) in [5, 5.41) is 10.9. The normalized spacial score (nSPS) is 14.5. The number of carbonyl (C=O) groups is 2. The van der Waals surface area contributed by atoms with Crippen LogP contribution in [0.2, 0.25) is 0 Å². The maximum atomic E-state index is 12.6. The van der Waals surface area contributed by atoms with Gasteiger partial charge >= 0.3 is 5.63 Å². The number of carbonyl (C=O) groups excluding carboxylic acids is 2. The number of fused-ring (bicyclic) bond motifs is 1. The fraction of sp³-hybridized carbons (Fsp3) is 0.560. The molecular weight excluding hydrogens is 426 g/mol. The number of methoxy groups -OCH3 is 1. The Morgan fingerprint density at radius 1 is 1.21 bits per heavy atom. The van der Waals surface area contributed by atoms with Crippen molar-refractivity contribution >= 4 is 23.0 Å². The fourth-order valence-electron chi connectivity index (χ4n) is 4.32. The second-order valence-electron chi connectivity index (χ2n) is 8.51. The highest BCUT2D eigenvalue weighted by atomic mass is 16.5. The third kappa shape index (κ3) is 6.21. The minimum Gasteiger partial charge on any atom is -0.504 e. The number of rotatable bonds is 12. The molecule has 1 saturated heterocycles. The number of Topliss-reactive ketones (excluding diaryl/α,β-unsaturated/α-hetero) is 1. The predicted octanol–water partition coefficient (Wildman–Crippen LogP) is 3.41. The number of hydrogen-bond donors (Lipinski definition) is 1. The molecule has 8 heteroatoms. The van der Waals surface area contributed by atoms with Crippen molar-refractivity contribution in [1.29, 1.82) is 0 Å². The number of nitrogens with zero attached hydrogens (tertiary/aromatic N) is 1. The zero-order valence-electron chi connectivity index (χ0n) is 19.5. The first-order valence-electron chi connectivity index (χ1n) is 11.6. The highest BCUT2D eigenvalue weighted by Gasteiger charge is 2.21. The number of ether oxygens (including phenoxy) is 2. The van der Waals surface area contributed by atoms with Gasteiger partial charge in [0.15, 0.2) is 23.4 Å². The summed E-state index contributed by atoms with van der Waals surface area (Å²) in [6, 6.07) is 1.55. The van der Waals surface area contributed by atoms with E-state index in [0.29, 0.717) is 35.8 Å². The van der Waals surface area contributed by atoms with Crippen molar-refractivity contribution in [3.8, 4) is 11.5 Å². The average Bonchev–Trinajstić information content (AvgIpc) is 2.81. The molecule has 3 rings (SSSR count). The largest absolute Gasteiger partial charge is 0.504 e. The van der Waals surface area contributed by atoms with Crippen molar-refractivity contribution < 1.29 is 28.6 Å². The van der Waals surface area contributed by atoms with Gasteiger partial charge < -0.3 is 23.9 Å². The number of likely N-dealkylation sites (tertiary alicyclic amines) is 1. The van der Waals surface area contributed by atoms with E-state index in [-0.39, 0.29) is 47.9 Å². The van der Waals surface area contributed by atoms with Crippen molar-refractivity contribution in [3.63, 3.8) is 0 Å². The number of aromatic hydroxyl groups is 1. The molecule has 0 amide bonds. The molecule has 180 valence electrons. The van der Waals surface area contributed by atoms with Crippen LogP contribution in [-0.2, 0) is 16.0 Å². The van der Waals surface area contributed by atoms with Gasteiger partial charge in [0.05, 0.1) is 6.61 Å². The minimum absolute atomic E-state index is 0.0145. The van der Waals surface area contributed by atoms with E-state index in [1.54, 1.807) is 13.0 Å². The third-order valence-electron chi connectivity index (χ3n) is 6.25. The van der Waals surface area contributed by atoms with Gasteiger partial charge in [0.25, 0.3) is 0 Å². The summed E-state index contributed by atoms with van der Waals surface area (Å²) in [6.07, 6.45) is 6.04. The number of phenols is 1. The van der Waals surface area contributed by atoms with Crippen LogP contribution >= 0.6 is 0 Å². The number of benzene rings is 1. The molecule has 2 heterocycles. The lowest BCUT2D eigenvalue weighted by molar-refractivity contribution is -0.119. The van der Waals surface area contributed by atoms with Crippen LogP contribution in [0, 0.1) is 6.92 Å². The van der Waals surface area contributed by atoms with Crippen LogP contribution in [0.15, 0.2) is 15.3 Å². The van der Waals surface area contributed by atoms with Crippen molar-refractivity contribution in [2.24, 2.45) is 0 Å². The SMILES string of the molecule is COCCOc1cc2c(C)c(CCC(=O)CCCN3CCCCC3)c(=O)oc2c(C=O)c1O. The summed E-state index contributed by atoms with van der Waals surface area (Å²) >= 11 is 0. The smallest absolute Gasteiger partial charge is 0.339 e. The molecule has 0 saturated carbocycles. The van der Waals surface area contributed by atoms with Gasteiger partial charge in [0, 0.05) is 30.9 Å². The van der Waals surface area contributed by atoms with Crippen molar-refractivity contribution in [2.45, 2.75) is 51.9 Å². The predicted molar refractivity (Wildman–Crippen MR) is 124 cm³/mol. The minimum atomic E-state index is -0.600. The van der Waals surface area contributed by atoms with E-state index in [1.165, 1.54) is 26.4 Å². The number of ketones is 1. The first-order chi connectivity index (χ1) is 16.0. The highest BCUT2D eigenvalue weighted by molar-refractivity contribution is 6.00. The number of hydrogen-bond acceptors (Lipinski definition) is 8. The number of aldehydes is 1. The van der Waals surface area contributed by atoms with Crippen LogP contribution in [0.1, 0.15) is 60.0 Å². The molecule has 1 aliphatic rings. The first-order valence-corrected chi connectivity index (χ1v) is 11.6. The van der Waals surface area contributed by atoms with Gasteiger partial charge in [0.2, 0.25) is 0 Å².